The standard InChI is InChI=1S/C21H27N3O3/c1-2-27-20-12-6-3-8-15(20)9-7-13-22-21(26)18-14-17(23-24-18)16-10-4-5-11-19(16)25/h3-6,8,10-12,17-18,23-25H,2,7,9,13-14H2,1H3,(H,22,26). The molecule has 0 aromatic heterocycles. The highest BCUT2D eigenvalue weighted by Crippen LogP contribution is 2.29. The van der Waals surface area contributed by atoms with Crippen LogP contribution in [-0.2, 0) is 11.2 Å². The van der Waals surface area contributed by atoms with E-state index in [0.29, 0.717) is 19.6 Å². The van der Waals surface area contributed by atoms with Crippen LogP contribution in [0.4, 0.5) is 0 Å². The molecule has 0 aliphatic carbocycles. The van der Waals surface area contributed by atoms with Crippen molar-refractivity contribution < 1.29 is 14.6 Å². The van der Waals surface area contributed by atoms with Crippen LogP contribution < -0.4 is 20.9 Å². The van der Waals surface area contributed by atoms with Crippen molar-refractivity contribution in [1.29, 1.82) is 0 Å². The largest absolute Gasteiger partial charge is 0.508 e. The quantitative estimate of drug-likeness (QED) is 0.537. The number of phenols is 1. The highest BCUT2D eigenvalue weighted by atomic mass is 16.5. The van der Waals surface area contributed by atoms with Crippen molar-refractivity contribution in [3.05, 3.63) is 59.7 Å². The molecule has 1 heterocycles. The Kier molecular flexibility index (Phi) is 6.68. The second-order valence-electron chi connectivity index (χ2n) is 6.62. The van der Waals surface area contributed by atoms with Crippen molar-refractivity contribution >= 4 is 5.91 Å². The van der Waals surface area contributed by atoms with Crippen LogP contribution >= 0.6 is 0 Å². The molecule has 0 saturated carbocycles. The van der Waals surface area contributed by atoms with Crippen molar-refractivity contribution in [3.8, 4) is 11.5 Å². The number of carbonyl (C=O) groups is 1. The van der Waals surface area contributed by atoms with E-state index in [-0.39, 0.29) is 23.7 Å². The minimum Gasteiger partial charge on any atom is -0.508 e. The Bertz CT molecular complexity index is 766. The van der Waals surface area contributed by atoms with Gasteiger partial charge in [-0.1, -0.05) is 36.4 Å². The third kappa shape index (κ3) is 4.99. The SMILES string of the molecule is CCOc1ccccc1CCCNC(=O)C1CC(c2ccccc2O)NN1. The minimum atomic E-state index is -0.315. The molecule has 0 bridgehead atoms. The van der Waals surface area contributed by atoms with E-state index in [1.807, 2.05) is 37.3 Å². The monoisotopic (exact) mass is 369 g/mol. The number of amides is 1. The summed E-state index contributed by atoms with van der Waals surface area (Å²) >= 11 is 0. The molecule has 4 N–H and O–H groups in total. The van der Waals surface area contributed by atoms with Crippen LogP contribution in [0.15, 0.2) is 48.5 Å². The van der Waals surface area contributed by atoms with Crippen LogP contribution in [0.2, 0.25) is 0 Å². The Morgan fingerprint density at radius 2 is 1.96 bits per heavy atom. The molecule has 2 atom stereocenters. The molecule has 1 aliphatic rings. The number of aryl methyl sites for hydroxylation is 1. The van der Waals surface area contributed by atoms with Crippen molar-refractivity contribution in [2.75, 3.05) is 13.2 Å². The van der Waals surface area contributed by atoms with Gasteiger partial charge in [0.25, 0.3) is 0 Å². The summed E-state index contributed by atoms with van der Waals surface area (Å²) in [5, 5.41) is 12.9. The van der Waals surface area contributed by atoms with E-state index in [1.165, 1.54) is 0 Å². The molecule has 3 rings (SSSR count). The number of rotatable bonds is 8. The third-order valence-electron chi connectivity index (χ3n) is 4.73. The van der Waals surface area contributed by atoms with Crippen LogP contribution in [0.1, 0.15) is 36.9 Å². The summed E-state index contributed by atoms with van der Waals surface area (Å²) in [7, 11) is 0. The molecule has 6 nitrogen and oxygen atoms in total. The molecule has 2 aromatic rings. The lowest BCUT2D eigenvalue weighted by Crippen LogP contribution is -2.43. The second kappa shape index (κ2) is 9.39. The van der Waals surface area contributed by atoms with Crippen LogP contribution in [0, 0.1) is 0 Å². The first-order valence-corrected chi connectivity index (χ1v) is 9.46. The fourth-order valence-corrected chi connectivity index (χ4v) is 3.33. The van der Waals surface area contributed by atoms with Gasteiger partial charge in [0.1, 0.15) is 17.5 Å². The van der Waals surface area contributed by atoms with E-state index in [2.05, 4.69) is 22.2 Å². The van der Waals surface area contributed by atoms with Crippen LogP contribution in [-0.4, -0.2) is 30.2 Å². The lowest BCUT2D eigenvalue weighted by atomic mass is 10.0. The maximum atomic E-state index is 12.4. The zero-order chi connectivity index (χ0) is 19.1. The van der Waals surface area contributed by atoms with E-state index in [0.717, 1.165) is 29.7 Å². The van der Waals surface area contributed by atoms with Gasteiger partial charge in [-0.25, -0.2) is 10.9 Å². The van der Waals surface area contributed by atoms with Gasteiger partial charge in [-0.2, -0.15) is 0 Å². The Morgan fingerprint density at radius 1 is 1.19 bits per heavy atom. The molecule has 2 unspecified atom stereocenters. The normalized spacial score (nSPS) is 19.0. The van der Waals surface area contributed by atoms with Gasteiger partial charge in [-0.15, -0.1) is 0 Å². The number of benzene rings is 2. The minimum absolute atomic E-state index is 0.0292. The summed E-state index contributed by atoms with van der Waals surface area (Å²) in [6.45, 7) is 3.23. The molecule has 1 aliphatic heterocycles. The highest BCUT2D eigenvalue weighted by Gasteiger charge is 2.31. The van der Waals surface area contributed by atoms with E-state index in [4.69, 9.17) is 4.74 Å². The molecule has 2 aromatic carbocycles. The number of hydrogen-bond donors (Lipinski definition) is 4. The average molecular weight is 369 g/mol. The second-order valence-corrected chi connectivity index (χ2v) is 6.62. The summed E-state index contributed by atoms with van der Waals surface area (Å²) in [5.41, 5.74) is 8.08. The molecule has 1 fully saturated rings. The summed E-state index contributed by atoms with van der Waals surface area (Å²) < 4.78 is 5.63. The topological polar surface area (TPSA) is 82.6 Å². The van der Waals surface area contributed by atoms with Gasteiger partial charge in [0.05, 0.1) is 12.6 Å². The molecule has 27 heavy (non-hydrogen) atoms. The number of hydrogen-bond acceptors (Lipinski definition) is 5. The average Bonchev–Trinajstić information content (AvgIpc) is 3.17. The van der Waals surface area contributed by atoms with Gasteiger partial charge in [0.2, 0.25) is 5.91 Å². The van der Waals surface area contributed by atoms with Gasteiger partial charge in [0.15, 0.2) is 0 Å². The fraction of sp³-hybridized carbons (Fsp3) is 0.381. The van der Waals surface area contributed by atoms with Gasteiger partial charge in [0, 0.05) is 12.1 Å². The summed E-state index contributed by atoms with van der Waals surface area (Å²) in [4.78, 5) is 12.4. The van der Waals surface area contributed by atoms with E-state index in [9.17, 15) is 9.90 Å². The van der Waals surface area contributed by atoms with Crippen LogP contribution in [0.5, 0.6) is 11.5 Å². The number of phenolic OH excluding ortho intramolecular Hbond substituents is 1. The molecular weight excluding hydrogens is 342 g/mol. The molecular formula is C21H27N3O3. The van der Waals surface area contributed by atoms with Crippen LogP contribution in [0.25, 0.3) is 0 Å². The van der Waals surface area contributed by atoms with Gasteiger partial charge >= 0.3 is 0 Å². The van der Waals surface area contributed by atoms with Crippen molar-refractivity contribution in [3.63, 3.8) is 0 Å². The third-order valence-corrected chi connectivity index (χ3v) is 4.73. The number of aromatic hydroxyl groups is 1. The number of carbonyl (C=O) groups excluding carboxylic acids is 1. The number of hydrazine groups is 1. The Balaban J connectivity index is 1.43. The van der Waals surface area contributed by atoms with Gasteiger partial charge in [-0.3, -0.25) is 4.79 Å². The predicted molar refractivity (Wildman–Crippen MR) is 104 cm³/mol. The maximum absolute atomic E-state index is 12.4. The maximum Gasteiger partial charge on any atom is 0.238 e. The Hall–Kier alpha value is -2.57. The molecule has 6 heteroatoms. The Morgan fingerprint density at radius 3 is 2.78 bits per heavy atom. The first-order chi connectivity index (χ1) is 13.2. The first-order valence-electron chi connectivity index (χ1n) is 9.46. The van der Waals surface area contributed by atoms with E-state index >= 15 is 0 Å². The fourth-order valence-electron chi connectivity index (χ4n) is 3.33. The van der Waals surface area contributed by atoms with Crippen LogP contribution in [0.3, 0.4) is 0 Å². The van der Waals surface area contributed by atoms with Gasteiger partial charge < -0.3 is 15.2 Å². The zero-order valence-corrected chi connectivity index (χ0v) is 15.6. The smallest absolute Gasteiger partial charge is 0.238 e. The van der Waals surface area contributed by atoms with Gasteiger partial charge in [-0.05, 0) is 43.9 Å². The molecule has 144 valence electrons. The highest BCUT2D eigenvalue weighted by molar-refractivity contribution is 5.82. The summed E-state index contributed by atoms with van der Waals surface area (Å²) in [5.74, 6) is 1.13. The molecule has 0 radical (unpaired) electrons. The summed E-state index contributed by atoms with van der Waals surface area (Å²) in [6.07, 6.45) is 2.29. The first kappa shape index (κ1) is 19.2. The molecule has 1 saturated heterocycles. The Labute approximate surface area is 159 Å². The number of nitrogens with one attached hydrogen (secondary N) is 3. The molecule has 1 amide bonds. The lowest BCUT2D eigenvalue weighted by Gasteiger charge is -2.12. The predicted octanol–water partition coefficient (Wildman–Crippen LogP) is 2.45. The zero-order valence-electron chi connectivity index (χ0n) is 15.6. The summed E-state index contributed by atoms with van der Waals surface area (Å²) in [6, 6.07) is 14.8. The molecule has 0 spiro atoms. The number of para-hydroxylation sites is 2. The number of ether oxygens (including phenoxy) is 1. The lowest BCUT2D eigenvalue weighted by molar-refractivity contribution is -0.122. The van der Waals surface area contributed by atoms with Crippen molar-refractivity contribution in [2.24, 2.45) is 0 Å². The van der Waals surface area contributed by atoms with Crippen molar-refractivity contribution in [1.82, 2.24) is 16.2 Å². The van der Waals surface area contributed by atoms with Crippen molar-refractivity contribution in [2.45, 2.75) is 38.3 Å². The van der Waals surface area contributed by atoms with E-state index in [1.54, 1.807) is 12.1 Å². The van der Waals surface area contributed by atoms with E-state index < -0.39 is 0 Å².